The lowest BCUT2D eigenvalue weighted by molar-refractivity contribution is 0.0694. The summed E-state index contributed by atoms with van der Waals surface area (Å²) in [6.07, 6.45) is 2.84. The molecule has 2 heterocycles. The Morgan fingerprint density at radius 1 is 1.43 bits per heavy atom. The van der Waals surface area contributed by atoms with Gasteiger partial charge in [0.1, 0.15) is 12.2 Å². The van der Waals surface area contributed by atoms with E-state index in [1.54, 1.807) is 11.5 Å². The van der Waals surface area contributed by atoms with Gasteiger partial charge < -0.3 is 19.5 Å². The van der Waals surface area contributed by atoms with Crippen molar-refractivity contribution in [1.82, 2.24) is 4.57 Å². The maximum absolute atomic E-state index is 14.6. The number of carboxylic acids is 1. The summed E-state index contributed by atoms with van der Waals surface area (Å²) in [5.41, 5.74) is -0.829. The van der Waals surface area contributed by atoms with Crippen molar-refractivity contribution in [2.45, 2.75) is 31.7 Å². The zero-order valence-electron chi connectivity index (χ0n) is 12.3. The van der Waals surface area contributed by atoms with E-state index in [9.17, 15) is 24.2 Å². The first-order valence-corrected chi connectivity index (χ1v) is 7.41. The summed E-state index contributed by atoms with van der Waals surface area (Å²) in [7, 11) is 0. The van der Waals surface area contributed by atoms with Crippen LogP contribution in [0.5, 0.6) is 11.5 Å². The first-order chi connectivity index (χ1) is 10.9. The molecule has 1 aliphatic heterocycles. The second-order valence-electron chi connectivity index (χ2n) is 6.15. The number of ether oxygens (including phenoxy) is 1. The molecule has 2 N–H and O–H groups in total. The molecular weight excluding hydrogens is 305 g/mol. The third-order valence-electron chi connectivity index (χ3n) is 4.54. The highest BCUT2D eigenvalue weighted by molar-refractivity contribution is 5.98. The largest absolute Gasteiger partial charge is 0.504 e. The van der Waals surface area contributed by atoms with Gasteiger partial charge in [-0.05, 0) is 25.7 Å². The molecule has 1 aliphatic carbocycles. The van der Waals surface area contributed by atoms with E-state index < -0.39 is 28.5 Å². The quantitative estimate of drug-likeness (QED) is 0.887. The van der Waals surface area contributed by atoms with Crippen LogP contribution in [0.4, 0.5) is 4.39 Å². The fraction of sp³-hybridized carbons (Fsp3) is 0.375. The second-order valence-corrected chi connectivity index (χ2v) is 6.15. The first kappa shape index (κ1) is 14.0. The molecule has 7 heteroatoms. The minimum Gasteiger partial charge on any atom is -0.504 e. The molecule has 0 saturated heterocycles. The van der Waals surface area contributed by atoms with Crippen LogP contribution < -0.4 is 10.2 Å². The van der Waals surface area contributed by atoms with E-state index in [2.05, 4.69) is 0 Å². The number of halogens is 1. The summed E-state index contributed by atoms with van der Waals surface area (Å²) >= 11 is 0. The maximum atomic E-state index is 14.6. The van der Waals surface area contributed by atoms with Crippen LogP contribution >= 0.6 is 0 Å². The van der Waals surface area contributed by atoms with Crippen molar-refractivity contribution in [3.05, 3.63) is 33.4 Å². The van der Waals surface area contributed by atoms with Crippen molar-refractivity contribution in [3.63, 3.8) is 0 Å². The van der Waals surface area contributed by atoms with Gasteiger partial charge in [-0.3, -0.25) is 4.79 Å². The van der Waals surface area contributed by atoms with Crippen molar-refractivity contribution in [1.29, 1.82) is 0 Å². The van der Waals surface area contributed by atoms with Crippen molar-refractivity contribution in [2.75, 3.05) is 6.61 Å². The zero-order valence-corrected chi connectivity index (χ0v) is 12.3. The molecule has 0 amide bonds. The molecule has 0 radical (unpaired) electrons. The highest BCUT2D eigenvalue weighted by atomic mass is 19.1. The summed E-state index contributed by atoms with van der Waals surface area (Å²) < 4.78 is 21.9. The van der Waals surface area contributed by atoms with Crippen molar-refractivity contribution >= 4 is 16.9 Å². The number of hydrogen-bond donors (Lipinski definition) is 2. The Balaban J connectivity index is 2.24. The van der Waals surface area contributed by atoms with Gasteiger partial charge in [-0.1, -0.05) is 0 Å². The molecule has 1 aromatic heterocycles. The molecule has 1 fully saturated rings. The van der Waals surface area contributed by atoms with Crippen LogP contribution in [0.2, 0.25) is 0 Å². The Bertz CT molecular complexity index is 929. The summed E-state index contributed by atoms with van der Waals surface area (Å²) in [5, 5.41) is 19.1. The fourth-order valence-corrected chi connectivity index (χ4v) is 3.22. The third-order valence-corrected chi connectivity index (χ3v) is 4.54. The highest BCUT2D eigenvalue weighted by Gasteiger charge is 2.37. The number of phenolic OH excluding ortho intramolecular Hbond substituents is 1. The summed E-state index contributed by atoms with van der Waals surface area (Å²) in [6, 6.07) is -0.236. The molecule has 1 saturated carbocycles. The number of aromatic hydroxyl groups is 1. The Labute approximate surface area is 129 Å². The summed E-state index contributed by atoms with van der Waals surface area (Å²) in [5.74, 6) is -2.85. The van der Waals surface area contributed by atoms with Crippen LogP contribution in [0, 0.1) is 5.82 Å². The van der Waals surface area contributed by atoms with Crippen molar-refractivity contribution in [2.24, 2.45) is 0 Å². The number of carbonyl (C=O) groups is 1. The predicted molar refractivity (Wildman–Crippen MR) is 79.0 cm³/mol. The lowest BCUT2D eigenvalue weighted by Gasteiger charge is -2.29. The topological polar surface area (TPSA) is 88.8 Å². The van der Waals surface area contributed by atoms with Gasteiger partial charge in [0.2, 0.25) is 5.43 Å². The Morgan fingerprint density at radius 2 is 2.13 bits per heavy atom. The lowest BCUT2D eigenvalue weighted by atomic mass is 10.00. The molecule has 0 spiro atoms. The van der Waals surface area contributed by atoms with E-state index in [0.717, 1.165) is 12.8 Å². The molecule has 23 heavy (non-hydrogen) atoms. The standard InChI is InChI=1S/C16H14FNO5/c1-6-5-23-15-9(7-2-3-7)11(17)14(20)10-12(15)18(6)4-8(13(10)19)16(21)22/h4,6-7,20H,2-3,5H2,1H3,(H,21,22). The Morgan fingerprint density at radius 3 is 2.74 bits per heavy atom. The number of aromatic nitrogens is 1. The Kier molecular flexibility index (Phi) is 2.73. The summed E-state index contributed by atoms with van der Waals surface area (Å²) in [4.78, 5) is 23.7. The van der Waals surface area contributed by atoms with Crippen LogP contribution in [-0.4, -0.2) is 27.4 Å². The van der Waals surface area contributed by atoms with Crippen LogP contribution in [0.3, 0.4) is 0 Å². The van der Waals surface area contributed by atoms with Gasteiger partial charge in [0.05, 0.1) is 16.9 Å². The van der Waals surface area contributed by atoms with E-state index in [4.69, 9.17) is 4.74 Å². The molecule has 1 atom stereocenters. The fourth-order valence-electron chi connectivity index (χ4n) is 3.22. The van der Waals surface area contributed by atoms with Crippen LogP contribution in [0.1, 0.15) is 47.6 Å². The van der Waals surface area contributed by atoms with Crippen molar-refractivity contribution in [3.8, 4) is 11.5 Å². The molecule has 1 unspecified atom stereocenters. The van der Waals surface area contributed by atoms with Gasteiger partial charge in [0.25, 0.3) is 0 Å². The Hall–Kier alpha value is -2.57. The van der Waals surface area contributed by atoms with Crippen LogP contribution in [0.25, 0.3) is 10.9 Å². The van der Waals surface area contributed by atoms with E-state index >= 15 is 0 Å². The van der Waals surface area contributed by atoms with Gasteiger partial charge in [0, 0.05) is 11.8 Å². The van der Waals surface area contributed by atoms with Crippen LogP contribution in [-0.2, 0) is 0 Å². The molecule has 6 nitrogen and oxygen atoms in total. The van der Waals surface area contributed by atoms with Gasteiger partial charge in [-0.15, -0.1) is 0 Å². The molecular formula is C16H14FNO5. The predicted octanol–water partition coefficient (Wildman–Crippen LogP) is 2.38. The van der Waals surface area contributed by atoms with E-state index in [0.29, 0.717) is 0 Å². The minimum atomic E-state index is -1.41. The zero-order chi connectivity index (χ0) is 16.5. The number of phenols is 1. The number of rotatable bonds is 2. The van der Waals surface area contributed by atoms with Gasteiger partial charge >= 0.3 is 5.97 Å². The molecule has 1 aromatic carbocycles. The first-order valence-electron chi connectivity index (χ1n) is 7.41. The number of pyridine rings is 1. The van der Waals surface area contributed by atoms with Gasteiger partial charge in [-0.2, -0.15) is 0 Å². The number of benzene rings is 1. The van der Waals surface area contributed by atoms with E-state index in [1.165, 1.54) is 6.20 Å². The maximum Gasteiger partial charge on any atom is 0.341 e. The molecule has 0 bridgehead atoms. The van der Waals surface area contributed by atoms with E-state index in [1.807, 2.05) is 0 Å². The third kappa shape index (κ3) is 1.79. The van der Waals surface area contributed by atoms with E-state index in [-0.39, 0.29) is 40.8 Å². The number of aromatic carboxylic acids is 1. The van der Waals surface area contributed by atoms with Gasteiger partial charge in [-0.25, -0.2) is 9.18 Å². The highest BCUT2D eigenvalue weighted by Crippen LogP contribution is 2.51. The number of hydrogen-bond acceptors (Lipinski definition) is 4. The summed E-state index contributed by atoms with van der Waals surface area (Å²) in [6.45, 7) is 2.05. The lowest BCUT2D eigenvalue weighted by Crippen LogP contribution is -2.27. The molecule has 4 rings (SSSR count). The normalized spacial score (nSPS) is 19.7. The van der Waals surface area contributed by atoms with Gasteiger partial charge in [0.15, 0.2) is 17.3 Å². The average molecular weight is 319 g/mol. The number of nitrogens with zero attached hydrogens (tertiary/aromatic N) is 1. The molecule has 120 valence electrons. The van der Waals surface area contributed by atoms with Crippen molar-refractivity contribution < 1.29 is 24.1 Å². The molecule has 2 aliphatic rings. The average Bonchev–Trinajstić information content (AvgIpc) is 3.32. The smallest absolute Gasteiger partial charge is 0.341 e. The minimum absolute atomic E-state index is 0.0311. The SMILES string of the molecule is CC1COc2c(C3CC3)c(F)c(O)c3c(=O)c(C(=O)O)cn1c23. The second kappa shape index (κ2) is 4.47. The van der Waals surface area contributed by atoms with Crippen LogP contribution in [0.15, 0.2) is 11.0 Å². The monoisotopic (exact) mass is 319 g/mol. The number of carboxylic acid groups (broad SMARTS) is 1. The molecule has 2 aromatic rings.